The number of aromatic nitrogens is 4. The highest BCUT2D eigenvalue weighted by atomic mass is 19.3. The molecule has 11 heteroatoms. The standard InChI is InChI=1S/C17H18F4N6O/c18-12(19)8-26-6-2-3-9(7-26)14-24-15-10-4-1-5-11(28-16(20)21)13(10)23-17(22)27(15)25-14/h1,4-5,9,12,16H,2-3,6-8H2,(H2,22,23)/t9-/m1/s1. The molecule has 1 aliphatic rings. The summed E-state index contributed by atoms with van der Waals surface area (Å²) < 4.78 is 56.6. The van der Waals surface area contributed by atoms with Crippen LogP contribution >= 0.6 is 0 Å². The van der Waals surface area contributed by atoms with Crippen LogP contribution in [-0.2, 0) is 0 Å². The number of hydrogen-bond donors (Lipinski definition) is 1. The third-order valence-electron chi connectivity index (χ3n) is 4.79. The van der Waals surface area contributed by atoms with E-state index in [0.717, 1.165) is 12.8 Å². The van der Waals surface area contributed by atoms with E-state index in [0.29, 0.717) is 29.9 Å². The lowest BCUT2D eigenvalue weighted by atomic mass is 9.97. The van der Waals surface area contributed by atoms with Crippen LogP contribution in [0.5, 0.6) is 5.75 Å². The maximum Gasteiger partial charge on any atom is 0.387 e. The molecule has 2 aromatic heterocycles. The van der Waals surface area contributed by atoms with Crippen LogP contribution in [0.15, 0.2) is 18.2 Å². The van der Waals surface area contributed by atoms with E-state index in [4.69, 9.17) is 5.73 Å². The van der Waals surface area contributed by atoms with Gasteiger partial charge >= 0.3 is 6.61 Å². The van der Waals surface area contributed by atoms with Crippen molar-refractivity contribution in [2.24, 2.45) is 0 Å². The van der Waals surface area contributed by atoms with Gasteiger partial charge in [-0.25, -0.2) is 18.7 Å². The molecule has 0 bridgehead atoms. The Kier molecular flexibility index (Phi) is 4.92. The summed E-state index contributed by atoms with van der Waals surface area (Å²) in [5, 5.41) is 4.87. The van der Waals surface area contributed by atoms with Crippen LogP contribution in [0.3, 0.4) is 0 Å². The molecule has 1 fully saturated rings. The third kappa shape index (κ3) is 3.53. The van der Waals surface area contributed by atoms with Crippen molar-refractivity contribution in [1.82, 2.24) is 24.5 Å². The Balaban J connectivity index is 1.74. The number of fused-ring (bicyclic) bond motifs is 3. The molecule has 0 aliphatic carbocycles. The van der Waals surface area contributed by atoms with Crippen molar-refractivity contribution in [3.8, 4) is 5.75 Å². The minimum absolute atomic E-state index is 0.0215. The summed E-state index contributed by atoms with van der Waals surface area (Å²) in [6, 6.07) is 4.59. The van der Waals surface area contributed by atoms with Gasteiger partial charge < -0.3 is 10.5 Å². The zero-order valence-corrected chi connectivity index (χ0v) is 14.7. The van der Waals surface area contributed by atoms with Gasteiger partial charge in [0.1, 0.15) is 5.52 Å². The molecule has 1 saturated heterocycles. The Labute approximate surface area is 157 Å². The highest BCUT2D eigenvalue weighted by molar-refractivity contribution is 5.95. The van der Waals surface area contributed by atoms with Crippen molar-refractivity contribution < 1.29 is 22.3 Å². The van der Waals surface area contributed by atoms with Crippen molar-refractivity contribution in [3.63, 3.8) is 0 Å². The van der Waals surface area contributed by atoms with Crippen molar-refractivity contribution in [3.05, 3.63) is 24.0 Å². The molecule has 1 aliphatic heterocycles. The molecule has 0 unspecified atom stereocenters. The number of hydrogen-bond acceptors (Lipinski definition) is 6. The number of halogens is 4. The molecule has 0 saturated carbocycles. The number of nitrogen functional groups attached to an aromatic ring is 1. The number of alkyl halides is 4. The SMILES string of the molecule is Nc1nc2c(OC(F)F)cccc2c2nc([C@@H]3CCCN(CC(F)F)C3)nn12. The number of anilines is 1. The smallest absolute Gasteiger partial charge is 0.387 e. The second-order valence-electron chi connectivity index (χ2n) is 6.70. The lowest BCUT2D eigenvalue weighted by Gasteiger charge is -2.30. The predicted molar refractivity (Wildman–Crippen MR) is 93.8 cm³/mol. The zero-order chi connectivity index (χ0) is 19.8. The number of nitrogens with zero attached hydrogens (tertiary/aromatic N) is 5. The van der Waals surface area contributed by atoms with Gasteiger partial charge in [0.2, 0.25) is 5.95 Å². The number of nitrogens with two attached hydrogens (primary N) is 1. The first-order chi connectivity index (χ1) is 13.4. The molecule has 150 valence electrons. The van der Waals surface area contributed by atoms with E-state index >= 15 is 0 Å². The van der Waals surface area contributed by atoms with Crippen LogP contribution in [0.2, 0.25) is 0 Å². The molecule has 1 aromatic carbocycles. The van der Waals surface area contributed by atoms with Gasteiger partial charge in [-0.15, -0.1) is 5.10 Å². The Morgan fingerprint density at radius 1 is 1.21 bits per heavy atom. The number of rotatable bonds is 5. The second kappa shape index (κ2) is 7.38. The van der Waals surface area contributed by atoms with E-state index in [1.54, 1.807) is 17.0 Å². The van der Waals surface area contributed by atoms with Crippen LogP contribution in [0.4, 0.5) is 23.5 Å². The molecule has 0 radical (unpaired) electrons. The largest absolute Gasteiger partial charge is 0.432 e. The van der Waals surface area contributed by atoms with Gasteiger partial charge in [-0.05, 0) is 31.5 Å². The van der Waals surface area contributed by atoms with E-state index < -0.39 is 13.0 Å². The molecule has 3 heterocycles. The summed E-state index contributed by atoms with van der Waals surface area (Å²) in [6.07, 6.45) is -0.875. The quantitative estimate of drug-likeness (QED) is 0.666. The Morgan fingerprint density at radius 3 is 2.79 bits per heavy atom. The van der Waals surface area contributed by atoms with Crippen LogP contribution in [0, 0.1) is 0 Å². The van der Waals surface area contributed by atoms with Gasteiger partial charge in [0.15, 0.2) is 17.2 Å². The summed E-state index contributed by atoms with van der Waals surface area (Å²) in [5.74, 6) is 0.223. The highest BCUT2D eigenvalue weighted by Crippen LogP contribution is 2.31. The molecule has 0 spiro atoms. The van der Waals surface area contributed by atoms with Crippen molar-refractivity contribution >= 4 is 22.5 Å². The lowest BCUT2D eigenvalue weighted by molar-refractivity contribution is -0.0489. The minimum Gasteiger partial charge on any atom is -0.432 e. The number of para-hydroxylation sites is 1. The van der Waals surface area contributed by atoms with Gasteiger partial charge in [0.05, 0.1) is 6.54 Å². The zero-order valence-electron chi connectivity index (χ0n) is 14.7. The van der Waals surface area contributed by atoms with E-state index in [-0.39, 0.29) is 29.7 Å². The summed E-state index contributed by atoms with van der Waals surface area (Å²) in [4.78, 5) is 10.4. The van der Waals surface area contributed by atoms with Crippen molar-refractivity contribution in [2.75, 3.05) is 25.4 Å². The average molecular weight is 398 g/mol. The minimum atomic E-state index is -3.00. The van der Waals surface area contributed by atoms with Crippen molar-refractivity contribution in [2.45, 2.75) is 31.8 Å². The summed E-state index contributed by atoms with van der Waals surface area (Å²) in [6.45, 7) is -2.26. The number of ether oxygens (including phenoxy) is 1. The first-order valence-electron chi connectivity index (χ1n) is 8.82. The fourth-order valence-electron chi connectivity index (χ4n) is 3.63. The Bertz CT molecular complexity index is 995. The number of benzene rings is 1. The third-order valence-corrected chi connectivity index (χ3v) is 4.79. The molecular weight excluding hydrogens is 380 g/mol. The Hall–Kier alpha value is -2.69. The van der Waals surface area contributed by atoms with Gasteiger partial charge in [0.25, 0.3) is 6.43 Å². The maximum absolute atomic E-state index is 12.7. The molecule has 2 N–H and O–H groups in total. The lowest BCUT2D eigenvalue weighted by Crippen LogP contribution is -2.37. The summed E-state index contributed by atoms with van der Waals surface area (Å²) >= 11 is 0. The monoisotopic (exact) mass is 398 g/mol. The highest BCUT2D eigenvalue weighted by Gasteiger charge is 2.27. The van der Waals surface area contributed by atoms with Gasteiger partial charge in [-0.1, -0.05) is 6.07 Å². The normalized spacial score (nSPS) is 18.6. The molecule has 4 rings (SSSR count). The molecule has 0 amide bonds. The number of likely N-dealkylation sites (tertiary alicyclic amines) is 1. The molecule has 7 nitrogen and oxygen atoms in total. The van der Waals surface area contributed by atoms with Crippen LogP contribution < -0.4 is 10.5 Å². The molecule has 3 aromatic rings. The van der Waals surface area contributed by atoms with Crippen LogP contribution in [-0.4, -0.2) is 57.2 Å². The van der Waals surface area contributed by atoms with Crippen molar-refractivity contribution in [1.29, 1.82) is 0 Å². The van der Waals surface area contributed by atoms with E-state index in [1.165, 1.54) is 10.6 Å². The van der Waals surface area contributed by atoms with Gasteiger partial charge in [-0.3, -0.25) is 4.90 Å². The molecule has 1 atom stereocenters. The Morgan fingerprint density at radius 2 is 2.04 bits per heavy atom. The maximum atomic E-state index is 12.7. The summed E-state index contributed by atoms with van der Waals surface area (Å²) in [5.41, 5.74) is 6.48. The topological polar surface area (TPSA) is 81.6 Å². The average Bonchev–Trinajstić information content (AvgIpc) is 3.08. The molecule has 28 heavy (non-hydrogen) atoms. The van der Waals surface area contributed by atoms with Gasteiger partial charge in [0, 0.05) is 17.8 Å². The fraction of sp³-hybridized carbons (Fsp3) is 0.471. The molecular formula is C17H18F4N6O. The first kappa shape index (κ1) is 18.7. The first-order valence-corrected chi connectivity index (χ1v) is 8.82. The van der Waals surface area contributed by atoms with E-state index in [1.807, 2.05) is 0 Å². The fourth-order valence-corrected chi connectivity index (χ4v) is 3.63. The second-order valence-corrected chi connectivity index (χ2v) is 6.70. The summed E-state index contributed by atoms with van der Waals surface area (Å²) in [7, 11) is 0. The van der Waals surface area contributed by atoms with E-state index in [9.17, 15) is 17.6 Å². The van der Waals surface area contributed by atoms with Crippen LogP contribution in [0.25, 0.3) is 16.6 Å². The van der Waals surface area contributed by atoms with Crippen LogP contribution in [0.1, 0.15) is 24.6 Å². The number of piperidine rings is 1. The van der Waals surface area contributed by atoms with Gasteiger partial charge in [-0.2, -0.15) is 13.3 Å². The van der Waals surface area contributed by atoms with E-state index in [2.05, 4.69) is 19.8 Å². The predicted octanol–water partition coefficient (Wildman–Crippen LogP) is 2.91.